The first-order chi connectivity index (χ1) is 13.8. The molecule has 7 nitrogen and oxygen atoms in total. The monoisotopic (exact) mass is 431 g/mol. The van der Waals surface area contributed by atoms with Crippen LogP contribution in [0.1, 0.15) is 33.6 Å². The van der Waals surface area contributed by atoms with Crippen molar-refractivity contribution in [2.75, 3.05) is 10.2 Å². The molecule has 1 aromatic carbocycles. The molecule has 9 heteroatoms. The number of carbonyl (C=O) groups excluding carboxylic acids is 2. The zero-order valence-electron chi connectivity index (χ0n) is 16.0. The first-order valence-corrected chi connectivity index (χ1v) is 10.1. The maximum absolute atomic E-state index is 12.8. The second-order valence-electron chi connectivity index (χ2n) is 6.73. The second-order valence-corrected chi connectivity index (χ2v) is 8.44. The summed E-state index contributed by atoms with van der Waals surface area (Å²) in [6.45, 7) is 5.66. The van der Waals surface area contributed by atoms with Gasteiger partial charge in [-0.2, -0.15) is 0 Å². The molecule has 2 aromatic heterocycles. The van der Waals surface area contributed by atoms with Crippen LogP contribution in [0.2, 0.25) is 4.34 Å². The summed E-state index contributed by atoms with van der Waals surface area (Å²) in [6, 6.07) is 8.55. The van der Waals surface area contributed by atoms with E-state index in [1.165, 1.54) is 11.3 Å². The lowest BCUT2D eigenvalue weighted by Gasteiger charge is -2.33. The van der Waals surface area contributed by atoms with Gasteiger partial charge in [-0.25, -0.2) is 0 Å². The normalized spacial score (nSPS) is 15.8. The average molecular weight is 432 g/mol. The zero-order valence-corrected chi connectivity index (χ0v) is 17.6. The van der Waals surface area contributed by atoms with Crippen LogP contribution in [0.25, 0.3) is 0 Å². The first kappa shape index (κ1) is 19.5. The van der Waals surface area contributed by atoms with Gasteiger partial charge in [0.2, 0.25) is 0 Å². The molecule has 2 amide bonds. The molecule has 29 heavy (non-hydrogen) atoms. The lowest BCUT2D eigenvalue weighted by Crippen LogP contribution is -2.44. The maximum atomic E-state index is 12.8. The highest BCUT2D eigenvalue weighted by Crippen LogP contribution is 2.38. The average Bonchev–Trinajstić information content (AvgIpc) is 3.26. The Balaban J connectivity index is 1.66. The summed E-state index contributed by atoms with van der Waals surface area (Å²) >= 11 is 7.11. The molecule has 1 atom stereocenters. The standard InChI is InChI=1S/C20H18ClN3O4S/c1-10-14(11(2)28-23-10)9-24-15-8-13(4-5-16(15)27-12(3)20(24)26)22-19(25)17-6-7-18(21)29-17/h4-8,12H,9H2,1-3H3,(H,22,25). The van der Waals surface area contributed by atoms with Crippen molar-refractivity contribution in [2.45, 2.75) is 33.4 Å². The molecule has 0 bridgehead atoms. The van der Waals surface area contributed by atoms with Crippen LogP contribution >= 0.6 is 22.9 Å². The Kier molecular flexibility index (Phi) is 5.06. The minimum atomic E-state index is -0.614. The fourth-order valence-corrected chi connectivity index (χ4v) is 4.10. The lowest BCUT2D eigenvalue weighted by molar-refractivity contribution is -0.125. The van der Waals surface area contributed by atoms with E-state index in [-0.39, 0.29) is 11.8 Å². The smallest absolute Gasteiger partial charge is 0.268 e. The zero-order chi connectivity index (χ0) is 20.7. The highest BCUT2D eigenvalue weighted by molar-refractivity contribution is 7.18. The molecule has 0 aliphatic carbocycles. The Labute approximate surface area is 176 Å². The topological polar surface area (TPSA) is 84.7 Å². The highest BCUT2D eigenvalue weighted by Gasteiger charge is 2.33. The van der Waals surface area contributed by atoms with Gasteiger partial charge in [0.15, 0.2) is 6.10 Å². The first-order valence-electron chi connectivity index (χ1n) is 8.94. The molecule has 0 fully saturated rings. The van der Waals surface area contributed by atoms with Gasteiger partial charge in [-0.3, -0.25) is 9.59 Å². The number of amides is 2. The van der Waals surface area contributed by atoms with Crippen LogP contribution in [0.5, 0.6) is 5.75 Å². The highest BCUT2D eigenvalue weighted by atomic mass is 35.5. The Morgan fingerprint density at radius 2 is 2.10 bits per heavy atom. The summed E-state index contributed by atoms with van der Waals surface area (Å²) < 4.78 is 11.5. The molecule has 150 valence electrons. The van der Waals surface area contributed by atoms with E-state index in [2.05, 4.69) is 10.5 Å². The Morgan fingerprint density at radius 3 is 2.76 bits per heavy atom. The van der Waals surface area contributed by atoms with Crippen LogP contribution in [0.3, 0.4) is 0 Å². The minimum Gasteiger partial charge on any atom is -0.479 e. The van der Waals surface area contributed by atoms with E-state index in [0.717, 1.165) is 11.3 Å². The van der Waals surface area contributed by atoms with Crippen molar-refractivity contribution in [3.05, 3.63) is 56.6 Å². The quantitative estimate of drug-likeness (QED) is 0.653. The van der Waals surface area contributed by atoms with Gasteiger partial charge < -0.3 is 19.5 Å². The Hall–Kier alpha value is -2.84. The van der Waals surface area contributed by atoms with Crippen molar-refractivity contribution in [2.24, 2.45) is 0 Å². The molecule has 1 aliphatic rings. The van der Waals surface area contributed by atoms with Gasteiger partial charge in [0, 0.05) is 11.3 Å². The number of carbonyl (C=O) groups is 2. The van der Waals surface area contributed by atoms with Crippen molar-refractivity contribution in [3.8, 4) is 5.75 Å². The summed E-state index contributed by atoms with van der Waals surface area (Å²) in [6.07, 6.45) is -0.614. The SMILES string of the molecule is Cc1noc(C)c1CN1C(=O)C(C)Oc2ccc(NC(=O)c3ccc(Cl)s3)cc21. The third kappa shape index (κ3) is 3.73. The van der Waals surface area contributed by atoms with E-state index in [1.54, 1.807) is 42.2 Å². The second kappa shape index (κ2) is 7.53. The van der Waals surface area contributed by atoms with Gasteiger partial charge in [-0.05, 0) is 51.1 Å². The molecule has 0 radical (unpaired) electrons. The molecule has 3 aromatic rings. The van der Waals surface area contributed by atoms with E-state index < -0.39 is 6.10 Å². The van der Waals surface area contributed by atoms with Crippen molar-refractivity contribution in [1.82, 2.24) is 5.16 Å². The van der Waals surface area contributed by atoms with E-state index in [4.69, 9.17) is 20.9 Å². The molecule has 1 N–H and O–H groups in total. The number of anilines is 2. The number of fused-ring (bicyclic) bond motifs is 1. The van der Waals surface area contributed by atoms with E-state index in [0.29, 0.717) is 38.6 Å². The molecular weight excluding hydrogens is 414 g/mol. The van der Waals surface area contributed by atoms with Crippen molar-refractivity contribution < 1.29 is 18.8 Å². The predicted octanol–water partition coefficient (Wildman–Crippen LogP) is 4.57. The van der Waals surface area contributed by atoms with Crippen LogP contribution < -0.4 is 15.0 Å². The van der Waals surface area contributed by atoms with Crippen LogP contribution in [-0.4, -0.2) is 23.1 Å². The summed E-state index contributed by atoms with van der Waals surface area (Å²) in [5.74, 6) is 0.789. The number of aromatic nitrogens is 1. The van der Waals surface area contributed by atoms with Crippen molar-refractivity contribution in [1.29, 1.82) is 0 Å². The van der Waals surface area contributed by atoms with Crippen molar-refractivity contribution >= 4 is 46.1 Å². The predicted molar refractivity (Wildman–Crippen MR) is 111 cm³/mol. The number of hydrogen-bond acceptors (Lipinski definition) is 6. The van der Waals surface area contributed by atoms with Crippen LogP contribution in [0.4, 0.5) is 11.4 Å². The number of nitrogens with one attached hydrogen (secondary N) is 1. The van der Waals surface area contributed by atoms with Gasteiger partial charge in [-0.15, -0.1) is 11.3 Å². The summed E-state index contributed by atoms with van der Waals surface area (Å²) in [5, 5.41) is 6.80. The van der Waals surface area contributed by atoms with E-state index in [9.17, 15) is 9.59 Å². The Morgan fingerprint density at radius 1 is 1.31 bits per heavy atom. The molecule has 3 heterocycles. The molecule has 1 aliphatic heterocycles. The molecule has 1 unspecified atom stereocenters. The van der Waals surface area contributed by atoms with Gasteiger partial charge in [-0.1, -0.05) is 16.8 Å². The number of ether oxygens (including phenoxy) is 1. The van der Waals surface area contributed by atoms with E-state index in [1.807, 2.05) is 13.8 Å². The third-order valence-electron chi connectivity index (χ3n) is 4.72. The van der Waals surface area contributed by atoms with Gasteiger partial charge in [0.25, 0.3) is 11.8 Å². The van der Waals surface area contributed by atoms with E-state index >= 15 is 0 Å². The fourth-order valence-electron chi connectivity index (χ4n) is 3.16. The molecule has 4 rings (SSSR count). The van der Waals surface area contributed by atoms with Crippen LogP contribution in [-0.2, 0) is 11.3 Å². The number of benzene rings is 1. The number of nitrogens with zero attached hydrogens (tertiary/aromatic N) is 2. The number of rotatable bonds is 4. The minimum absolute atomic E-state index is 0.175. The van der Waals surface area contributed by atoms with Crippen LogP contribution in [0, 0.1) is 13.8 Å². The number of aryl methyl sites for hydroxylation is 2. The van der Waals surface area contributed by atoms with Gasteiger partial charge in [0.1, 0.15) is 11.5 Å². The number of thiophene rings is 1. The van der Waals surface area contributed by atoms with Crippen LogP contribution in [0.15, 0.2) is 34.9 Å². The molecule has 0 saturated carbocycles. The summed E-state index contributed by atoms with van der Waals surface area (Å²) in [7, 11) is 0. The molecule has 0 spiro atoms. The molecule has 0 saturated heterocycles. The number of halogens is 1. The summed E-state index contributed by atoms with van der Waals surface area (Å²) in [4.78, 5) is 27.4. The van der Waals surface area contributed by atoms with Crippen molar-refractivity contribution in [3.63, 3.8) is 0 Å². The number of hydrogen-bond donors (Lipinski definition) is 1. The fraction of sp³-hybridized carbons (Fsp3) is 0.250. The third-order valence-corrected chi connectivity index (χ3v) is 5.95. The van der Waals surface area contributed by atoms with Gasteiger partial charge in [0.05, 0.1) is 27.1 Å². The summed E-state index contributed by atoms with van der Waals surface area (Å²) in [5.41, 5.74) is 2.71. The molecular formula is C20H18ClN3O4S. The lowest BCUT2D eigenvalue weighted by atomic mass is 10.1. The van der Waals surface area contributed by atoms with Gasteiger partial charge >= 0.3 is 0 Å². The largest absolute Gasteiger partial charge is 0.479 e. The Bertz CT molecular complexity index is 1090. The maximum Gasteiger partial charge on any atom is 0.268 e.